The maximum Gasteiger partial charge on any atom is 0.257 e. The third-order valence-corrected chi connectivity index (χ3v) is 4.39. The fourth-order valence-corrected chi connectivity index (χ4v) is 3.51. The largest absolute Gasteiger partial charge is 0.347 e. The van der Waals surface area contributed by atoms with Crippen LogP contribution in [0, 0.1) is 6.92 Å². The van der Waals surface area contributed by atoms with Crippen molar-refractivity contribution >= 4 is 5.91 Å². The molecule has 2 heterocycles. The first-order valence-corrected chi connectivity index (χ1v) is 7.36. The van der Waals surface area contributed by atoms with E-state index in [2.05, 4.69) is 25.1 Å². The first-order valence-electron chi connectivity index (χ1n) is 7.36. The molecule has 1 unspecified atom stereocenters. The molecule has 2 aliphatic heterocycles. The Morgan fingerprint density at radius 1 is 1.14 bits per heavy atom. The smallest absolute Gasteiger partial charge is 0.257 e. The Morgan fingerprint density at radius 2 is 2.00 bits per heavy atom. The van der Waals surface area contributed by atoms with Crippen molar-refractivity contribution in [2.45, 2.75) is 19.1 Å². The maximum atomic E-state index is 12.7. The zero-order valence-corrected chi connectivity index (χ0v) is 12.0. The number of carbonyl (C=O) groups excluding carboxylic acids is 1. The van der Waals surface area contributed by atoms with Gasteiger partial charge in [0.15, 0.2) is 5.72 Å². The van der Waals surface area contributed by atoms with Crippen LogP contribution in [-0.4, -0.2) is 24.0 Å². The van der Waals surface area contributed by atoms with Gasteiger partial charge in [0.2, 0.25) is 0 Å². The summed E-state index contributed by atoms with van der Waals surface area (Å²) in [6.07, 6.45) is 0.882. The minimum Gasteiger partial charge on any atom is -0.347 e. The van der Waals surface area contributed by atoms with Gasteiger partial charge in [0.1, 0.15) is 0 Å². The van der Waals surface area contributed by atoms with Gasteiger partial charge in [-0.25, -0.2) is 0 Å². The molecule has 2 aromatic rings. The van der Waals surface area contributed by atoms with Gasteiger partial charge in [0, 0.05) is 23.2 Å². The van der Waals surface area contributed by atoms with Gasteiger partial charge in [-0.15, -0.1) is 0 Å². The standard InChI is InChI=1S/C18H17NO2/c1-13-6-4-7-14(12-13)18-16-9-3-2-8-15(16)17(20)19(18)10-5-11-21-18/h2-4,6-9,12H,5,10-11H2,1H3. The summed E-state index contributed by atoms with van der Waals surface area (Å²) >= 11 is 0. The van der Waals surface area contributed by atoms with E-state index in [9.17, 15) is 4.79 Å². The highest BCUT2D eigenvalue weighted by molar-refractivity contribution is 6.00. The predicted octanol–water partition coefficient (Wildman–Crippen LogP) is 3.07. The zero-order valence-electron chi connectivity index (χ0n) is 12.0. The quantitative estimate of drug-likeness (QED) is 0.803. The van der Waals surface area contributed by atoms with Crippen LogP contribution in [0.5, 0.6) is 0 Å². The number of carbonyl (C=O) groups is 1. The third-order valence-electron chi connectivity index (χ3n) is 4.39. The normalized spacial score (nSPS) is 23.9. The van der Waals surface area contributed by atoms with E-state index in [-0.39, 0.29) is 5.91 Å². The lowest BCUT2D eigenvalue weighted by Crippen LogP contribution is -2.50. The number of amides is 1. The summed E-state index contributed by atoms with van der Waals surface area (Å²) < 4.78 is 6.23. The van der Waals surface area contributed by atoms with Gasteiger partial charge in [-0.3, -0.25) is 4.79 Å². The molecule has 3 nitrogen and oxygen atoms in total. The number of aryl methyl sites for hydroxylation is 1. The Hall–Kier alpha value is -2.13. The minimum atomic E-state index is -0.738. The molecular formula is C18H17NO2. The van der Waals surface area contributed by atoms with Crippen molar-refractivity contribution in [3.63, 3.8) is 0 Å². The Bertz CT molecular complexity index is 725. The van der Waals surface area contributed by atoms with Gasteiger partial charge in [-0.1, -0.05) is 48.0 Å². The lowest BCUT2D eigenvalue weighted by Gasteiger charge is -2.43. The second-order valence-corrected chi connectivity index (χ2v) is 5.72. The molecule has 21 heavy (non-hydrogen) atoms. The summed E-state index contributed by atoms with van der Waals surface area (Å²) in [5.41, 5.74) is 3.22. The van der Waals surface area contributed by atoms with Crippen LogP contribution >= 0.6 is 0 Å². The van der Waals surface area contributed by atoms with E-state index in [1.54, 1.807) is 0 Å². The highest BCUT2D eigenvalue weighted by atomic mass is 16.5. The molecule has 0 spiro atoms. The molecule has 0 aromatic heterocycles. The average Bonchev–Trinajstić information content (AvgIpc) is 2.79. The number of fused-ring (bicyclic) bond motifs is 3. The summed E-state index contributed by atoms with van der Waals surface area (Å²) in [7, 11) is 0. The predicted molar refractivity (Wildman–Crippen MR) is 80.0 cm³/mol. The van der Waals surface area contributed by atoms with E-state index in [0.29, 0.717) is 6.61 Å². The molecule has 1 saturated heterocycles. The minimum absolute atomic E-state index is 0.0757. The lowest BCUT2D eigenvalue weighted by atomic mass is 9.91. The summed E-state index contributed by atoms with van der Waals surface area (Å²) in [5.74, 6) is 0.0757. The Morgan fingerprint density at radius 3 is 2.86 bits per heavy atom. The van der Waals surface area contributed by atoms with Crippen LogP contribution in [0.2, 0.25) is 0 Å². The molecule has 4 rings (SSSR count). The molecule has 0 bridgehead atoms. The van der Waals surface area contributed by atoms with Crippen LogP contribution in [0.15, 0.2) is 48.5 Å². The van der Waals surface area contributed by atoms with Crippen LogP contribution in [0.25, 0.3) is 0 Å². The van der Waals surface area contributed by atoms with Crippen molar-refractivity contribution in [2.75, 3.05) is 13.2 Å². The molecule has 2 aromatic carbocycles. The van der Waals surface area contributed by atoms with Crippen molar-refractivity contribution in [1.29, 1.82) is 0 Å². The van der Waals surface area contributed by atoms with Crippen molar-refractivity contribution in [3.05, 3.63) is 70.8 Å². The average molecular weight is 279 g/mol. The number of rotatable bonds is 1. The number of ether oxygens (including phenoxy) is 1. The van der Waals surface area contributed by atoms with E-state index in [1.165, 1.54) is 5.56 Å². The highest BCUT2D eigenvalue weighted by Gasteiger charge is 2.53. The van der Waals surface area contributed by atoms with E-state index in [4.69, 9.17) is 4.74 Å². The first-order chi connectivity index (χ1) is 10.2. The number of hydrogen-bond donors (Lipinski definition) is 0. The number of benzene rings is 2. The van der Waals surface area contributed by atoms with Gasteiger partial charge in [0.05, 0.1) is 6.61 Å². The summed E-state index contributed by atoms with van der Waals surface area (Å²) in [4.78, 5) is 14.6. The molecule has 3 heteroatoms. The molecule has 1 amide bonds. The molecule has 0 N–H and O–H groups in total. The number of hydrogen-bond acceptors (Lipinski definition) is 2. The Balaban J connectivity index is 2.00. The summed E-state index contributed by atoms with van der Waals surface area (Å²) in [6, 6.07) is 16.1. The van der Waals surface area contributed by atoms with Crippen molar-refractivity contribution in [1.82, 2.24) is 4.90 Å². The van der Waals surface area contributed by atoms with Crippen molar-refractivity contribution in [2.24, 2.45) is 0 Å². The fourth-order valence-electron chi connectivity index (χ4n) is 3.51. The van der Waals surface area contributed by atoms with Gasteiger partial charge in [0.25, 0.3) is 5.91 Å². The molecule has 1 atom stereocenters. The van der Waals surface area contributed by atoms with Crippen molar-refractivity contribution < 1.29 is 9.53 Å². The van der Waals surface area contributed by atoms with Gasteiger partial charge in [-0.05, 0) is 19.4 Å². The molecule has 106 valence electrons. The molecule has 0 aliphatic carbocycles. The fraction of sp³-hybridized carbons (Fsp3) is 0.278. The van der Waals surface area contributed by atoms with Gasteiger partial charge < -0.3 is 9.64 Å². The van der Waals surface area contributed by atoms with E-state index < -0.39 is 5.72 Å². The molecule has 0 saturated carbocycles. The molecular weight excluding hydrogens is 262 g/mol. The van der Waals surface area contributed by atoms with Crippen LogP contribution in [0.3, 0.4) is 0 Å². The van der Waals surface area contributed by atoms with Crippen LogP contribution < -0.4 is 0 Å². The SMILES string of the molecule is Cc1cccc(C23OCCCN2C(=O)c2ccccc23)c1. The molecule has 2 aliphatic rings. The second-order valence-electron chi connectivity index (χ2n) is 5.72. The second kappa shape index (κ2) is 4.43. The zero-order chi connectivity index (χ0) is 14.4. The lowest BCUT2D eigenvalue weighted by molar-refractivity contribution is -0.137. The van der Waals surface area contributed by atoms with Crippen molar-refractivity contribution in [3.8, 4) is 0 Å². The summed E-state index contributed by atoms with van der Waals surface area (Å²) in [6.45, 7) is 3.48. The van der Waals surface area contributed by atoms with E-state index >= 15 is 0 Å². The van der Waals surface area contributed by atoms with Crippen LogP contribution in [0.4, 0.5) is 0 Å². The third kappa shape index (κ3) is 1.61. The highest BCUT2D eigenvalue weighted by Crippen LogP contribution is 2.47. The van der Waals surface area contributed by atoms with Gasteiger partial charge in [-0.2, -0.15) is 0 Å². The van der Waals surface area contributed by atoms with E-state index in [0.717, 1.165) is 29.7 Å². The first kappa shape index (κ1) is 12.6. The summed E-state index contributed by atoms with van der Waals surface area (Å²) in [5, 5.41) is 0. The van der Waals surface area contributed by atoms with Gasteiger partial charge >= 0.3 is 0 Å². The Kier molecular flexibility index (Phi) is 2.66. The Labute approximate surface area is 124 Å². The number of nitrogens with zero attached hydrogens (tertiary/aromatic N) is 1. The maximum absolute atomic E-state index is 12.7. The molecule has 0 radical (unpaired) electrons. The topological polar surface area (TPSA) is 29.5 Å². The monoisotopic (exact) mass is 279 g/mol. The van der Waals surface area contributed by atoms with Crippen LogP contribution in [-0.2, 0) is 10.5 Å². The molecule has 1 fully saturated rings. The van der Waals surface area contributed by atoms with E-state index in [1.807, 2.05) is 35.2 Å². The van der Waals surface area contributed by atoms with Crippen LogP contribution in [0.1, 0.15) is 33.5 Å².